The Bertz CT molecular complexity index is 534. The molecule has 1 nitrogen and oxygen atoms in total. The lowest BCUT2D eigenvalue weighted by Crippen LogP contribution is -2.29. The summed E-state index contributed by atoms with van der Waals surface area (Å²) in [7, 11) is 2.05. The molecule has 2 aromatic rings. The highest BCUT2D eigenvalue weighted by Gasteiger charge is 2.14. The molecule has 1 heteroatoms. The van der Waals surface area contributed by atoms with E-state index >= 15 is 0 Å². The predicted molar refractivity (Wildman–Crippen MR) is 91.8 cm³/mol. The molecule has 0 heterocycles. The van der Waals surface area contributed by atoms with Crippen molar-refractivity contribution < 1.29 is 0 Å². The van der Waals surface area contributed by atoms with Crippen LogP contribution < -0.4 is 5.32 Å². The van der Waals surface area contributed by atoms with Crippen LogP contribution in [0.3, 0.4) is 0 Å². The molecule has 0 aliphatic carbocycles. The number of hydrogen-bond donors (Lipinski definition) is 1. The van der Waals surface area contributed by atoms with Crippen molar-refractivity contribution in [2.24, 2.45) is 0 Å². The average molecular weight is 281 g/mol. The summed E-state index contributed by atoms with van der Waals surface area (Å²) in [6.07, 6.45) is 2.13. The second-order valence-corrected chi connectivity index (χ2v) is 6.83. The molecule has 1 atom stereocenters. The van der Waals surface area contributed by atoms with Crippen LogP contribution in [0.1, 0.15) is 37.5 Å². The van der Waals surface area contributed by atoms with Crippen LogP contribution in [0, 0.1) is 0 Å². The molecule has 0 saturated heterocycles. The lowest BCUT2D eigenvalue weighted by atomic mass is 9.86. The maximum atomic E-state index is 3.44. The van der Waals surface area contributed by atoms with Gasteiger partial charge in [0.15, 0.2) is 0 Å². The highest BCUT2D eigenvalue weighted by molar-refractivity contribution is 5.28. The first-order valence-electron chi connectivity index (χ1n) is 7.79. The van der Waals surface area contributed by atoms with Crippen molar-refractivity contribution >= 4 is 0 Å². The van der Waals surface area contributed by atoms with Crippen LogP contribution >= 0.6 is 0 Å². The third-order valence-electron chi connectivity index (χ3n) is 4.04. The van der Waals surface area contributed by atoms with Crippen LogP contribution in [0.25, 0.3) is 0 Å². The normalized spacial score (nSPS) is 13.1. The SMILES string of the molecule is CNC(Cc1ccccc1)Cc1ccc(C(C)(C)C)cc1. The lowest BCUT2D eigenvalue weighted by molar-refractivity contribution is 0.555. The van der Waals surface area contributed by atoms with E-state index in [0.717, 1.165) is 12.8 Å². The molecule has 21 heavy (non-hydrogen) atoms. The van der Waals surface area contributed by atoms with Gasteiger partial charge in [-0.2, -0.15) is 0 Å². The summed E-state index contributed by atoms with van der Waals surface area (Å²) in [6.45, 7) is 6.77. The number of nitrogens with one attached hydrogen (secondary N) is 1. The van der Waals surface area contributed by atoms with Gasteiger partial charge in [-0.3, -0.25) is 0 Å². The van der Waals surface area contributed by atoms with Crippen LogP contribution in [0.4, 0.5) is 0 Å². The zero-order valence-electron chi connectivity index (χ0n) is 13.7. The van der Waals surface area contributed by atoms with Gasteiger partial charge in [0.1, 0.15) is 0 Å². The first kappa shape index (κ1) is 15.8. The van der Waals surface area contributed by atoms with E-state index < -0.39 is 0 Å². The van der Waals surface area contributed by atoms with Crippen molar-refractivity contribution in [3.63, 3.8) is 0 Å². The lowest BCUT2D eigenvalue weighted by Gasteiger charge is -2.20. The number of hydrogen-bond acceptors (Lipinski definition) is 1. The van der Waals surface area contributed by atoms with Gasteiger partial charge in [0.2, 0.25) is 0 Å². The van der Waals surface area contributed by atoms with Gasteiger partial charge in [-0.25, -0.2) is 0 Å². The van der Waals surface area contributed by atoms with Crippen LogP contribution in [-0.4, -0.2) is 13.1 Å². The van der Waals surface area contributed by atoms with Gasteiger partial charge < -0.3 is 5.32 Å². The molecule has 0 aliphatic heterocycles. The fourth-order valence-electron chi connectivity index (χ4n) is 2.60. The van der Waals surface area contributed by atoms with Gasteiger partial charge in [0.25, 0.3) is 0 Å². The molecule has 0 spiro atoms. The van der Waals surface area contributed by atoms with Crippen LogP contribution in [0.15, 0.2) is 54.6 Å². The van der Waals surface area contributed by atoms with E-state index in [-0.39, 0.29) is 5.41 Å². The maximum absolute atomic E-state index is 3.44. The van der Waals surface area contributed by atoms with E-state index in [0.29, 0.717) is 6.04 Å². The van der Waals surface area contributed by atoms with Crippen molar-refractivity contribution in [2.75, 3.05) is 7.05 Å². The Morgan fingerprint density at radius 2 is 1.33 bits per heavy atom. The van der Waals surface area contributed by atoms with E-state index in [1.54, 1.807) is 0 Å². The number of rotatable bonds is 5. The zero-order chi connectivity index (χ0) is 15.3. The maximum Gasteiger partial charge on any atom is 0.0145 e. The summed E-state index contributed by atoms with van der Waals surface area (Å²) in [4.78, 5) is 0. The fraction of sp³-hybridized carbons (Fsp3) is 0.400. The Labute approximate surface area is 129 Å². The minimum Gasteiger partial charge on any atom is -0.316 e. The molecule has 2 aromatic carbocycles. The molecule has 0 radical (unpaired) electrons. The minimum absolute atomic E-state index is 0.227. The van der Waals surface area contributed by atoms with Crippen LogP contribution in [0.2, 0.25) is 0 Å². The third-order valence-corrected chi connectivity index (χ3v) is 4.04. The summed E-state index contributed by atoms with van der Waals surface area (Å²) in [6, 6.07) is 20.3. The zero-order valence-corrected chi connectivity index (χ0v) is 13.7. The van der Waals surface area contributed by atoms with Crippen molar-refractivity contribution in [1.82, 2.24) is 5.32 Å². The van der Waals surface area contributed by atoms with Gasteiger partial charge in [0, 0.05) is 6.04 Å². The Hall–Kier alpha value is -1.60. The summed E-state index contributed by atoms with van der Waals surface area (Å²) in [5, 5.41) is 3.44. The first-order valence-corrected chi connectivity index (χ1v) is 7.79. The molecule has 0 fully saturated rings. The summed E-state index contributed by atoms with van der Waals surface area (Å²) in [5.74, 6) is 0. The van der Waals surface area contributed by atoms with Gasteiger partial charge in [-0.15, -0.1) is 0 Å². The summed E-state index contributed by atoms with van der Waals surface area (Å²) >= 11 is 0. The quantitative estimate of drug-likeness (QED) is 0.858. The fourth-order valence-corrected chi connectivity index (χ4v) is 2.60. The van der Waals surface area contributed by atoms with Gasteiger partial charge in [0.05, 0.1) is 0 Å². The third kappa shape index (κ3) is 4.71. The number of benzene rings is 2. The largest absolute Gasteiger partial charge is 0.316 e. The second-order valence-electron chi connectivity index (χ2n) is 6.83. The Morgan fingerprint density at radius 3 is 1.81 bits per heavy atom. The van der Waals surface area contributed by atoms with E-state index in [1.165, 1.54) is 16.7 Å². The standard InChI is InChI=1S/C20H27N/c1-20(2,3)18-12-10-17(11-13-18)15-19(21-4)14-16-8-6-5-7-9-16/h5-13,19,21H,14-15H2,1-4H3. The van der Waals surface area contributed by atoms with Gasteiger partial charge in [-0.05, 0) is 42.0 Å². The topological polar surface area (TPSA) is 12.0 Å². The Kier molecular flexibility index (Phi) is 5.19. The van der Waals surface area contributed by atoms with Crippen molar-refractivity contribution in [2.45, 2.75) is 45.1 Å². The molecule has 112 valence electrons. The molecule has 0 amide bonds. The molecular weight excluding hydrogens is 254 g/mol. The Morgan fingerprint density at radius 1 is 0.810 bits per heavy atom. The molecule has 1 unspecified atom stereocenters. The Balaban J connectivity index is 2.02. The number of likely N-dealkylation sites (N-methyl/N-ethyl adjacent to an activating group) is 1. The molecule has 0 saturated carbocycles. The molecule has 0 aliphatic rings. The van der Waals surface area contributed by atoms with E-state index in [4.69, 9.17) is 0 Å². The first-order chi connectivity index (χ1) is 9.99. The van der Waals surface area contributed by atoms with Crippen LogP contribution in [-0.2, 0) is 18.3 Å². The smallest absolute Gasteiger partial charge is 0.0145 e. The van der Waals surface area contributed by atoms with Crippen LogP contribution in [0.5, 0.6) is 0 Å². The molecule has 2 rings (SSSR count). The van der Waals surface area contributed by atoms with Gasteiger partial charge >= 0.3 is 0 Å². The minimum atomic E-state index is 0.227. The molecule has 0 bridgehead atoms. The molecule has 1 N–H and O–H groups in total. The predicted octanol–water partition coefficient (Wildman–Crippen LogP) is 4.36. The highest BCUT2D eigenvalue weighted by atomic mass is 14.9. The van der Waals surface area contributed by atoms with E-state index in [1.807, 2.05) is 0 Å². The average Bonchev–Trinajstić information content (AvgIpc) is 2.47. The van der Waals surface area contributed by atoms with Crippen molar-refractivity contribution in [3.05, 3.63) is 71.3 Å². The summed E-state index contributed by atoms with van der Waals surface area (Å²) in [5.41, 5.74) is 4.42. The molecule has 0 aromatic heterocycles. The second kappa shape index (κ2) is 6.91. The van der Waals surface area contributed by atoms with Gasteiger partial charge in [-0.1, -0.05) is 75.4 Å². The van der Waals surface area contributed by atoms with E-state index in [9.17, 15) is 0 Å². The summed E-state index contributed by atoms with van der Waals surface area (Å²) < 4.78 is 0. The molecular formula is C20H27N. The van der Waals surface area contributed by atoms with Crippen molar-refractivity contribution in [3.8, 4) is 0 Å². The highest BCUT2D eigenvalue weighted by Crippen LogP contribution is 2.22. The van der Waals surface area contributed by atoms with E-state index in [2.05, 4.69) is 87.7 Å². The monoisotopic (exact) mass is 281 g/mol. The van der Waals surface area contributed by atoms with Crippen molar-refractivity contribution in [1.29, 1.82) is 0 Å².